The van der Waals surface area contributed by atoms with Gasteiger partial charge in [0.05, 0.1) is 47.6 Å². The molecule has 2 aromatic carbocycles. The number of morpholine rings is 1. The Hall–Kier alpha value is -4.61. The largest absolute Gasteiger partial charge is 0.378 e. The van der Waals surface area contributed by atoms with E-state index in [9.17, 15) is 13.2 Å². The number of sulfonamides is 1. The highest BCUT2D eigenvalue weighted by Crippen LogP contribution is 2.31. The molecule has 1 N–H and O–H groups in total. The second-order valence-electron chi connectivity index (χ2n) is 9.33. The van der Waals surface area contributed by atoms with Gasteiger partial charge in [-0.3, -0.25) is 9.20 Å². The number of pyridine rings is 1. The number of fused-ring (bicyclic) bond motifs is 3. The molecular weight excluding hydrogens is 516 g/mol. The summed E-state index contributed by atoms with van der Waals surface area (Å²) in [5, 5.41) is 1.07. The van der Waals surface area contributed by atoms with Crippen molar-refractivity contribution in [2.45, 2.75) is 4.90 Å². The van der Waals surface area contributed by atoms with Crippen LogP contribution in [0.4, 0.5) is 5.82 Å². The van der Waals surface area contributed by atoms with Crippen molar-refractivity contribution in [3.63, 3.8) is 0 Å². The Bertz CT molecular complexity index is 1930. The monoisotopic (exact) mass is 538 g/mol. The van der Waals surface area contributed by atoms with E-state index < -0.39 is 15.9 Å². The molecule has 11 heteroatoms. The molecule has 0 bridgehead atoms. The maximum Gasteiger partial charge on any atom is 0.266 e. The standard InChI is InChI=1S/C28H22N6O4S/c35-28-22-15-19(6-10-25(22)39(36,37)32-28)24-16-29-26(33-11-13-38-14-12-33)27-31-21(17-34(24)27)9-8-20-7-5-18-3-1-2-4-23(18)30-20/h1-10,15-17H,11-14H2,(H,32,35)/b9-8+. The highest BCUT2D eigenvalue weighted by Gasteiger charge is 2.33. The number of ether oxygens (including phenoxy) is 1. The minimum absolute atomic E-state index is 0.0254. The van der Waals surface area contributed by atoms with Crippen LogP contribution in [-0.4, -0.2) is 60.0 Å². The van der Waals surface area contributed by atoms with E-state index in [1.54, 1.807) is 18.3 Å². The summed E-state index contributed by atoms with van der Waals surface area (Å²) >= 11 is 0. The van der Waals surface area contributed by atoms with Crippen molar-refractivity contribution in [1.29, 1.82) is 0 Å². The number of imidazole rings is 1. The van der Waals surface area contributed by atoms with Crippen molar-refractivity contribution in [2.24, 2.45) is 0 Å². The van der Waals surface area contributed by atoms with Gasteiger partial charge in [0.2, 0.25) is 0 Å². The smallest absolute Gasteiger partial charge is 0.266 e. The lowest BCUT2D eigenvalue weighted by Crippen LogP contribution is -2.37. The highest BCUT2D eigenvalue weighted by molar-refractivity contribution is 7.90. The summed E-state index contributed by atoms with van der Waals surface area (Å²) in [7, 11) is -3.83. The van der Waals surface area contributed by atoms with Gasteiger partial charge >= 0.3 is 0 Å². The van der Waals surface area contributed by atoms with Gasteiger partial charge in [-0.25, -0.2) is 28.1 Å². The number of nitrogens with zero attached hydrogens (tertiary/aromatic N) is 5. The Morgan fingerprint density at radius 1 is 0.949 bits per heavy atom. The minimum Gasteiger partial charge on any atom is -0.378 e. The minimum atomic E-state index is -3.83. The van der Waals surface area contributed by atoms with Crippen LogP contribution in [0.1, 0.15) is 21.7 Å². The van der Waals surface area contributed by atoms with Crippen LogP contribution in [0.15, 0.2) is 71.9 Å². The number of amides is 1. The normalized spacial score (nSPS) is 16.7. The summed E-state index contributed by atoms with van der Waals surface area (Å²) in [5.41, 5.74) is 4.52. The van der Waals surface area contributed by atoms with Gasteiger partial charge in [0, 0.05) is 30.2 Å². The molecule has 5 aromatic rings. The van der Waals surface area contributed by atoms with E-state index in [4.69, 9.17) is 19.7 Å². The Morgan fingerprint density at radius 3 is 2.64 bits per heavy atom. The lowest BCUT2D eigenvalue weighted by atomic mass is 10.1. The van der Waals surface area contributed by atoms with E-state index in [0.717, 1.165) is 22.4 Å². The first kappa shape index (κ1) is 23.5. The Balaban J connectivity index is 1.34. The molecule has 7 rings (SSSR count). The van der Waals surface area contributed by atoms with Gasteiger partial charge < -0.3 is 9.64 Å². The van der Waals surface area contributed by atoms with Gasteiger partial charge in [-0.2, -0.15) is 0 Å². The molecule has 3 aromatic heterocycles. The van der Waals surface area contributed by atoms with Crippen LogP contribution in [0.3, 0.4) is 0 Å². The molecule has 5 heterocycles. The molecule has 1 fully saturated rings. The molecule has 0 aliphatic carbocycles. The predicted molar refractivity (Wildman–Crippen MR) is 147 cm³/mol. The SMILES string of the molecule is O=C1NS(=O)(=O)c2ccc(-c3cnc(N4CCOCC4)c4nc(/C=C/c5ccc6ccccc6n5)cn34)cc21. The van der Waals surface area contributed by atoms with E-state index in [0.29, 0.717) is 48.9 Å². The van der Waals surface area contributed by atoms with Crippen molar-refractivity contribution >= 4 is 50.5 Å². The number of para-hydroxylation sites is 1. The maximum absolute atomic E-state index is 12.3. The van der Waals surface area contributed by atoms with Crippen molar-refractivity contribution < 1.29 is 17.9 Å². The average Bonchev–Trinajstić information content (AvgIpc) is 3.49. The number of benzene rings is 2. The first-order chi connectivity index (χ1) is 19.0. The fourth-order valence-corrected chi connectivity index (χ4v) is 6.10. The van der Waals surface area contributed by atoms with E-state index in [1.807, 2.05) is 63.9 Å². The van der Waals surface area contributed by atoms with Gasteiger partial charge in [0.1, 0.15) is 4.90 Å². The van der Waals surface area contributed by atoms with Gasteiger partial charge in [0.15, 0.2) is 11.5 Å². The molecule has 2 aliphatic rings. The van der Waals surface area contributed by atoms with Crippen LogP contribution in [0.25, 0.3) is 40.0 Å². The van der Waals surface area contributed by atoms with Crippen LogP contribution >= 0.6 is 0 Å². The maximum atomic E-state index is 12.3. The topological polar surface area (TPSA) is 119 Å². The molecule has 0 spiro atoms. The number of nitrogens with one attached hydrogen (secondary N) is 1. The molecule has 0 radical (unpaired) electrons. The zero-order valence-corrected chi connectivity index (χ0v) is 21.4. The fraction of sp³-hybridized carbons (Fsp3) is 0.143. The molecule has 10 nitrogen and oxygen atoms in total. The third kappa shape index (κ3) is 4.12. The van der Waals surface area contributed by atoms with Gasteiger partial charge in [-0.1, -0.05) is 30.3 Å². The number of carbonyl (C=O) groups is 1. The molecule has 0 unspecified atom stereocenters. The number of hydrogen-bond donors (Lipinski definition) is 1. The summed E-state index contributed by atoms with van der Waals surface area (Å²) in [6, 6.07) is 16.7. The first-order valence-electron chi connectivity index (χ1n) is 12.4. The van der Waals surface area contributed by atoms with Gasteiger partial charge in [-0.15, -0.1) is 0 Å². The molecular formula is C28H22N6O4S. The van der Waals surface area contributed by atoms with E-state index >= 15 is 0 Å². The van der Waals surface area contributed by atoms with Gasteiger partial charge in [-0.05, 0) is 36.4 Å². The molecule has 1 saturated heterocycles. The Kier molecular flexibility index (Phi) is 5.42. The quantitative estimate of drug-likeness (QED) is 0.370. The van der Waals surface area contributed by atoms with Crippen LogP contribution < -0.4 is 9.62 Å². The zero-order chi connectivity index (χ0) is 26.6. The molecule has 2 aliphatic heterocycles. The molecule has 39 heavy (non-hydrogen) atoms. The van der Waals surface area contributed by atoms with E-state index in [-0.39, 0.29) is 10.5 Å². The van der Waals surface area contributed by atoms with Crippen LogP contribution in [0.5, 0.6) is 0 Å². The summed E-state index contributed by atoms with van der Waals surface area (Å²) < 4.78 is 33.9. The summed E-state index contributed by atoms with van der Waals surface area (Å²) in [4.78, 5) is 28.8. The highest BCUT2D eigenvalue weighted by atomic mass is 32.2. The van der Waals surface area contributed by atoms with Gasteiger partial charge in [0.25, 0.3) is 15.9 Å². The van der Waals surface area contributed by atoms with Crippen molar-refractivity contribution in [3.05, 3.63) is 83.9 Å². The Morgan fingerprint density at radius 2 is 1.77 bits per heavy atom. The second kappa shape index (κ2) is 9.00. The second-order valence-corrected chi connectivity index (χ2v) is 11.0. The van der Waals surface area contributed by atoms with Crippen molar-refractivity contribution in [3.8, 4) is 11.3 Å². The predicted octanol–water partition coefficient (Wildman–Crippen LogP) is 3.38. The zero-order valence-electron chi connectivity index (χ0n) is 20.6. The number of carbonyl (C=O) groups excluding carboxylic acids is 1. The number of anilines is 1. The third-order valence-electron chi connectivity index (χ3n) is 6.89. The van der Waals surface area contributed by atoms with Crippen LogP contribution in [-0.2, 0) is 14.8 Å². The molecule has 1 amide bonds. The van der Waals surface area contributed by atoms with Crippen LogP contribution in [0, 0.1) is 0 Å². The number of rotatable bonds is 4. The summed E-state index contributed by atoms with van der Waals surface area (Å²) in [6.07, 6.45) is 7.44. The van der Waals surface area contributed by atoms with Crippen molar-refractivity contribution in [1.82, 2.24) is 24.1 Å². The molecule has 0 atom stereocenters. The van der Waals surface area contributed by atoms with E-state index in [2.05, 4.69) is 4.90 Å². The number of aromatic nitrogens is 4. The van der Waals surface area contributed by atoms with Crippen molar-refractivity contribution in [2.75, 3.05) is 31.2 Å². The molecule has 194 valence electrons. The Labute approximate surface area is 223 Å². The molecule has 0 saturated carbocycles. The summed E-state index contributed by atoms with van der Waals surface area (Å²) in [5.74, 6) is 0.0881. The third-order valence-corrected chi connectivity index (χ3v) is 8.27. The average molecular weight is 539 g/mol. The fourth-order valence-electron chi connectivity index (χ4n) is 4.95. The number of hydrogen-bond acceptors (Lipinski definition) is 8. The van der Waals surface area contributed by atoms with Crippen LogP contribution in [0.2, 0.25) is 0 Å². The van der Waals surface area contributed by atoms with E-state index in [1.165, 1.54) is 6.07 Å². The first-order valence-corrected chi connectivity index (χ1v) is 13.9. The lowest BCUT2D eigenvalue weighted by Gasteiger charge is -2.28. The lowest BCUT2D eigenvalue weighted by molar-refractivity contribution is 0.0985. The summed E-state index contributed by atoms with van der Waals surface area (Å²) in [6.45, 7) is 2.59.